The third kappa shape index (κ3) is 4.53. The van der Waals surface area contributed by atoms with Gasteiger partial charge >= 0.3 is 0 Å². The lowest BCUT2D eigenvalue weighted by Crippen LogP contribution is -2.20. The zero-order chi connectivity index (χ0) is 14.9. The van der Waals surface area contributed by atoms with Crippen LogP contribution in [-0.2, 0) is 6.42 Å². The van der Waals surface area contributed by atoms with Crippen molar-refractivity contribution in [3.63, 3.8) is 0 Å². The SMILES string of the molecule is C=C(/C=C\C=C/N)NC1C/C=C\C=C/Cc2ccccc21. The summed E-state index contributed by atoms with van der Waals surface area (Å²) >= 11 is 0. The van der Waals surface area contributed by atoms with Gasteiger partial charge in [0.15, 0.2) is 0 Å². The van der Waals surface area contributed by atoms with Crippen molar-refractivity contribution in [3.8, 4) is 0 Å². The predicted molar refractivity (Wildman–Crippen MR) is 90.5 cm³/mol. The number of benzene rings is 1. The smallest absolute Gasteiger partial charge is 0.0550 e. The third-order valence-electron chi connectivity index (χ3n) is 3.40. The zero-order valence-corrected chi connectivity index (χ0v) is 12.2. The second-order valence-electron chi connectivity index (χ2n) is 4.96. The van der Waals surface area contributed by atoms with Gasteiger partial charge in [-0.25, -0.2) is 0 Å². The molecule has 0 heterocycles. The minimum atomic E-state index is 0.233. The van der Waals surface area contributed by atoms with Crippen molar-refractivity contribution in [3.05, 3.63) is 96.4 Å². The highest BCUT2D eigenvalue weighted by molar-refractivity contribution is 5.34. The second kappa shape index (κ2) is 7.95. The van der Waals surface area contributed by atoms with Crippen molar-refractivity contribution in [2.24, 2.45) is 5.73 Å². The van der Waals surface area contributed by atoms with Gasteiger partial charge in [0.05, 0.1) is 6.04 Å². The molecule has 1 aliphatic carbocycles. The number of rotatable bonds is 4. The summed E-state index contributed by atoms with van der Waals surface area (Å²) < 4.78 is 0. The quantitative estimate of drug-likeness (QED) is 0.819. The molecule has 0 fully saturated rings. The van der Waals surface area contributed by atoms with Crippen LogP contribution in [0.15, 0.2) is 85.3 Å². The maximum atomic E-state index is 5.32. The van der Waals surface area contributed by atoms with E-state index in [-0.39, 0.29) is 6.04 Å². The second-order valence-corrected chi connectivity index (χ2v) is 4.96. The normalized spacial score (nSPS) is 21.2. The summed E-state index contributed by atoms with van der Waals surface area (Å²) in [5.74, 6) is 0. The van der Waals surface area contributed by atoms with Crippen LogP contribution in [-0.4, -0.2) is 0 Å². The maximum Gasteiger partial charge on any atom is 0.0550 e. The molecule has 1 atom stereocenters. The van der Waals surface area contributed by atoms with E-state index < -0.39 is 0 Å². The van der Waals surface area contributed by atoms with E-state index in [4.69, 9.17) is 5.73 Å². The molecule has 21 heavy (non-hydrogen) atoms. The Morgan fingerprint density at radius 3 is 2.86 bits per heavy atom. The molecule has 1 aromatic rings. The fourth-order valence-electron chi connectivity index (χ4n) is 2.40. The van der Waals surface area contributed by atoms with Crippen LogP contribution in [0.5, 0.6) is 0 Å². The van der Waals surface area contributed by atoms with E-state index in [0.29, 0.717) is 0 Å². The van der Waals surface area contributed by atoms with Crippen LogP contribution in [0, 0.1) is 0 Å². The third-order valence-corrected chi connectivity index (χ3v) is 3.40. The van der Waals surface area contributed by atoms with E-state index in [0.717, 1.165) is 18.5 Å². The van der Waals surface area contributed by atoms with Crippen LogP contribution in [0.3, 0.4) is 0 Å². The van der Waals surface area contributed by atoms with Crippen LogP contribution in [0.2, 0.25) is 0 Å². The molecule has 0 saturated carbocycles. The molecule has 1 aromatic carbocycles. The van der Waals surface area contributed by atoms with E-state index in [2.05, 4.69) is 60.5 Å². The molecule has 108 valence electrons. The highest BCUT2D eigenvalue weighted by Crippen LogP contribution is 2.24. The van der Waals surface area contributed by atoms with Crippen LogP contribution in [0.4, 0.5) is 0 Å². The molecule has 0 aromatic heterocycles. The molecule has 0 aliphatic heterocycles. The summed E-state index contributed by atoms with van der Waals surface area (Å²) in [6, 6.07) is 8.80. The number of allylic oxidation sites excluding steroid dienone is 6. The number of nitrogens with two attached hydrogens (primary N) is 1. The fourth-order valence-corrected chi connectivity index (χ4v) is 2.40. The van der Waals surface area contributed by atoms with Crippen LogP contribution in [0.1, 0.15) is 23.6 Å². The van der Waals surface area contributed by atoms with Crippen molar-refractivity contribution in [2.45, 2.75) is 18.9 Å². The van der Waals surface area contributed by atoms with Gasteiger partial charge in [-0.15, -0.1) is 0 Å². The first kappa shape index (κ1) is 14.9. The van der Waals surface area contributed by atoms with Crippen molar-refractivity contribution in [2.75, 3.05) is 0 Å². The number of nitrogens with one attached hydrogen (secondary N) is 1. The molecular weight excluding hydrogens is 256 g/mol. The lowest BCUT2D eigenvalue weighted by molar-refractivity contribution is 0.612. The predicted octanol–water partition coefficient (Wildman–Crippen LogP) is 3.92. The molecule has 1 aliphatic rings. The first-order valence-electron chi connectivity index (χ1n) is 7.21. The van der Waals surface area contributed by atoms with Gasteiger partial charge in [0.2, 0.25) is 0 Å². The van der Waals surface area contributed by atoms with Gasteiger partial charge < -0.3 is 11.1 Å². The molecule has 0 saturated heterocycles. The number of hydrogen-bond acceptors (Lipinski definition) is 2. The van der Waals surface area contributed by atoms with Crippen LogP contribution >= 0.6 is 0 Å². The van der Waals surface area contributed by atoms with Gasteiger partial charge in [-0.05, 0) is 42.3 Å². The summed E-state index contributed by atoms with van der Waals surface area (Å²) in [6.45, 7) is 4.06. The molecule has 2 heteroatoms. The standard InChI is InChI=1S/C19H22N2/c1-16(10-8-9-15-20)21-19-14-5-3-2-4-11-17-12-6-7-13-18(17)19/h2-10,12-13,15,19,21H,1,11,14,20H2/b4-2-,5-3-,10-8-,15-9-. The van der Waals surface area contributed by atoms with Crippen molar-refractivity contribution < 1.29 is 0 Å². The topological polar surface area (TPSA) is 38.0 Å². The Bertz CT molecular complexity index is 591. The summed E-state index contributed by atoms with van der Waals surface area (Å²) in [7, 11) is 0. The summed E-state index contributed by atoms with van der Waals surface area (Å²) in [6.07, 6.45) is 17.6. The van der Waals surface area contributed by atoms with E-state index >= 15 is 0 Å². The summed E-state index contributed by atoms with van der Waals surface area (Å²) in [4.78, 5) is 0. The Balaban J connectivity index is 2.19. The average Bonchev–Trinajstić information content (AvgIpc) is 2.59. The first-order chi connectivity index (χ1) is 10.3. The number of hydrogen-bond donors (Lipinski definition) is 2. The Morgan fingerprint density at radius 1 is 1.19 bits per heavy atom. The van der Waals surface area contributed by atoms with Gasteiger partial charge in [-0.2, -0.15) is 0 Å². The fraction of sp³-hybridized carbons (Fsp3) is 0.158. The Hall–Kier alpha value is -2.48. The lowest BCUT2D eigenvalue weighted by Gasteiger charge is -2.21. The largest absolute Gasteiger partial charge is 0.405 e. The maximum absolute atomic E-state index is 5.32. The highest BCUT2D eigenvalue weighted by atomic mass is 14.9. The van der Waals surface area contributed by atoms with Gasteiger partial charge in [-0.3, -0.25) is 0 Å². The van der Waals surface area contributed by atoms with Gasteiger partial charge in [0, 0.05) is 5.70 Å². The minimum Gasteiger partial charge on any atom is -0.405 e. The molecule has 1 unspecified atom stereocenters. The summed E-state index contributed by atoms with van der Waals surface area (Å²) in [5.41, 5.74) is 8.89. The summed E-state index contributed by atoms with van der Waals surface area (Å²) in [5, 5.41) is 3.49. The van der Waals surface area contributed by atoms with Crippen molar-refractivity contribution in [1.82, 2.24) is 5.32 Å². The van der Waals surface area contributed by atoms with Gasteiger partial charge in [-0.1, -0.05) is 61.2 Å². The van der Waals surface area contributed by atoms with Gasteiger partial charge in [0.1, 0.15) is 0 Å². The number of fused-ring (bicyclic) bond motifs is 1. The van der Waals surface area contributed by atoms with Crippen LogP contribution in [0.25, 0.3) is 0 Å². The Labute approximate surface area is 127 Å². The molecule has 0 radical (unpaired) electrons. The highest BCUT2D eigenvalue weighted by Gasteiger charge is 2.13. The molecule has 0 spiro atoms. The molecule has 2 rings (SSSR count). The van der Waals surface area contributed by atoms with Gasteiger partial charge in [0.25, 0.3) is 0 Å². The first-order valence-corrected chi connectivity index (χ1v) is 7.21. The monoisotopic (exact) mass is 278 g/mol. The zero-order valence-electron chi connectivity index (χ0n) is 12.2. The molecule has 0 amide bonds. The molecule has 0 bridgehead atoms. The van der Waals surface area contributed by atoms with E-state index in [1.807, 2.05) is 12.2 Å². The van der Waals surface area contributed by atoms with Crippen LogP contribution < -0.4 is 11.1 Å². The van der Waals surface area contributed by atoms with E-state index in [9.17, 15) is 0 Å². The van der Waals surface area contributed by atoms with Crippen molar-refractivity contribution in [1.29, 1.82) is 0 Å². The minimum absolute atomic E-state index is 0.233. The molecule has 3 N–H and O–H groups in total. The Morgan fingerprint density at radius 2 is 2.00 bits per heavy atom. The van der Waals surface area contributed by atoms with E-state index in [1.165, 1.54) is 17.3 Å². The Kier molecular flexibility index (Phi) is 5.65. The lowest BCUT2D eigenvalue weighted by atomic mass is 9.96. The molecular formula is C19H22N2. The van der Waals surface area contributed by atoms with E-state index in [1.54, 1.807) is 6.08 Å². The van der Waals surface area contributed by atoms with Crippen molar-refractivity contribution >= 4 is 0 Å². The average molecular weight is 278 g/mol. The molecule has 2 nitrogen and oxygen atoms in total.